The summed E-state index contributed by atoms with van der Waals surface area (Å²) in [5.74, 6) is 3.84. The van der Waals surface area contributed by atoms with Crippen molar-refractivity contribution in [3.05, 3.63) is 36.4 Å². The SMILES string of the molecule is CC(C)CNC(=S)Nc1nc(N2CCC(C)CC2)cc(N2CCN(c3ccccc3)CC2)n1. The third-order valence-electron chi connectivity index (χ3n) is 6.43. The lowest BCUT2D eigenvalue weighted by molar-refractivity contribution is 0.436. The molecule has 4 rings (SSSR count). The molecule has 8 heteroatoms. The number of piperazine rings is 1. The lowest BCUT2D eigenvalue weighted by Crippen LogP contribution is -2.47. The molecule has 3 heterocycles. The molecule has 1 aromatic heterocycles. The van der Waals surface area contributed by atoms with Crippen LogP contribution in [0.5, 0.6) is 0 Å². The fourth-order valence-corrected chi connectivity index (χ4v) is 4.49. The molecule has 2 aromatic rings. The summed E-state index contributed by atoms with van der Waals surface area (Å²) in [4.78, 5) is 16.9. The van der Waals surface area contributed by atoms with Gasteiger partial charge in [0.1, 0.15) is 11.6 Å². The first-order valence-electron chi connectivity index (χ1n) is 12.2. The van der Waals surface area contributed by atoms with Crippen LogP contribution in [0.4, 0.5) is 23.3 Å². The molecule has 33 heavy (non-hydrogen) atoms. The minimum Gasteiger partial charge on any atom is -0.368 e. The van der Waals surface area contributed by atoms with Crippen LogP contribution in [0.2, 0.25) is 0 Å². The van der Waals surface area contributed by atoms with Crippen LogP contribution in [0.15, 0.2) is 36.4 Å². The van der Waals surface area contributed by atoms with E-state index in [0.29, 0.717) is 17.0 Å². The first-order valence-corrected chi connectivity index (χ1v) is 12.6. The van der Waals surface area contributed by atoms with Gasteiger partial charge in [-0.3, -0.25) is 0 Å². The molecule has 0 radical (unpaired) electrons. The molecule has 178 valence electrons. The van der Waals surface area contributed by atoms with E-state index in [9.17, 15) is 0 Å². The highest BCUT2D eigenvalue weighted by molar-refractivity contribution is 7.80. The summed E-state index contributed by atoms with van der Waals surface area (Å²) in [5.41, 5.74) is 1.28. The van der Waals surface area contributed by atoms with Crippen LogP contribution in [0.3, 0.4) is 0 Å². The number of hydrogen-bond acceptors (Lipinski definition) is 6. The third-order valence-corrected chi connectivity index (χ3v) is 6.67. The smallest absolute Gasteiger partial charge is 0.232 e. The zero-order valence-electron chi connectivity index (χ0n) is 20.1. The maximum absolute atomic E-state index is 5.50. The Bertz CT molecular complexity index is 904. The molecule has 2 aliphatic heterocycles. The van der Waals surface area contributed by atoms with E-state index in [0.717, 1.165) is 63.4 Å². The van der Waals surface area contributed by atoms with Crippen molar-refractivity contribution >= 4 is 40.6 Å². The summed E-state index contributed by atoms with van der Waals surface area (Å²) < 4.78 is 0. The standard InChI is InChI=1S/C25H37N7S/c1-19(2)18-26-25(33)29-24-27-22(31-11-9-20(3)10-12-31)17-23(28-24)32-15-13-30(14-16-32)21-7-5-4-6-8-21/h4-8,17,19-20H,9-16,18H2,1-3H3,(H2,26,27,28,29,33). The van der Waals surface area contributed by atoms with Crippen LogP contribution in [-0.4, -0.2) is 60.9 Å². The van der Waals surface area contributed by atoms with Gasteiger partial charge in [-0.05, 0) is 49.0 Å². The minimum atomic E-state index is 0.517. The van der Waals surface area contributed by atoms with Gasteiger partial charge in [0.05, 0.1) is 0 Å². The maximum atomic E-state index is 5.50. The van der Waals surface area contributed by atoms with Crippen molar-refractivity contribution in [2.45, 2.75) is 33.6 Å². The quantitative estimate of drug-likeness (QED) is 0.619. The Morgan fingerprint density at radius 1 is 0.939 bits per heavy atom. The van der Waals surface area contributed by atoms with Gasteiger partial charge in [-0.25, -0.2) is 0 Å². The summed E-state index contributed by atoms with van der Waals surface area (Å²) in [6.45, 7) is 13.4. The molecule has 0 atom stereocenters. The second-order valence-corrected chi connectivity index (χ2v) is 10.0. The number of thiocarbonyl (C=S) groups is 1. The van der Waals surface area contributed by atoms with E-state index in [-0.39, 0.29) is 0 Å². The van der Waals surface area contributed by atoms with Crippen molar-refractivity contribution in [3.8, 4) is 0 Å². The molecule has 7 nitrogen and oxygen atoms in total. The first kappa shape index (κ1) is 23.5. The Morgan fingerprint density at radius 2 is 1.52 bits per heavy atom. The normalized spacial score (nSPS) is 17.4. The molecule has 2 saturated heterocycles. The number of para-hydroxylation sites is 1. The van der Waals surface area contributed by atoms with E-state index >= 15 is 0 Å². The van der Waals surface area contributed by atoms with E-state index in [2.05, 4.69) is 82.5 Å². The lowest BCUT2D eigenvalue weighted by Gasteiger charge is -2.37. The molecule has 0 saturated carbocycles. The average molecular weight is 468 g/mol. The summed E-state index contributed by atoms with van der Waals surface area (Å²) in [7, 11) is 0. The van der Waals surface area contributed by atoms with Crippen LogP contribution in [0.25, 0.3) is 0 Å². The monoisotopic (exact) mass is 467 g/mol. The number of benzene rings is 1. The molecular weight excluding hydrogens is 430 g/mol. The lowest BCUT2D eigenvalue weighted by atomic mass is 9.99. The minimum absolute atomic E-state index is 0.517. The molecule has 0 bridgehead atoms. The number of nitrogens with zero attached hydrogens (tertiary/aromatic N) is 5. The summed E-state index contributed by atoms with van der Waals surface area (Å²) in [6.07, 6.45) is 2.40. The molecule has 1 aromatic carbocycles. The predicted molar refractivity (Wildman–Crippen MR) is 143 cm³/mol. The summed E-state index contributed by atoms with van der Waals surface area (Å²) >= 11 is 5.50. The highest BCUT2D eigenvalue weighted by Gasteiger charge is 2.23. The zero-order chi connectivity index (χ0) is 23.2. The van der Waals surface area contributed by atoms with E-state index in [1.54, 1.807) is 0 Å². The van der Waals surface area contributed by atoms with Gasteiger partial charge in [-0.15, -0.1) is 0 Å². The Labute approximate surface area is 203 Å². The van der Waals surface area contributed by atoms with Crippen LogP contribution in [0, 0.1) is 11.8 Å². The highest BCUT2D eigenvalue weighted by Crippen LogP contribution is 2.27. The van der Waals surface area contributed by atoms with E-state index in [1.165, 1.54) is 18.5 Å². The molecule has 0 amide bonds. The second kappa shape index (κ2) is 11.0. The van der Waals surface area contributed by atoms with Crippen molar-refractivity contribution in [1.29, 1.82) is 0 Å². The van der Waals surface area contributed by atoms with E-state index in [1.807, 2.05) is 0 Å². The summed E-state index contributed by atoms with van der Waals surface area (Å²) in [5, 5.41) is 7.08. The van der Waals surface area contributed by atoms with E-state index < -0.39 is 0 Å². The highest BCUT2D eigenvalue weighted by atomic mass is 32.1. The Hall–Kier alpha value is -2.61. The van der Waals surface area contributed by atoms with Crippen molar-refractivity contribution < 1.29 is 0 Å². The number of hydrogen-bond donors (Lipinski definition) is 2. The zero-order valence-corrected chi connectivity index (χ0v) is 20.9. The van der Waals surface area contributed by atoms with Crippen molar-refractivity contribution in [3.63, 3.8) is 0 Å². The van der Waals surface area contributed by atoms with Gasteiger partial charge in [-0.1, -0.05) is 39.0 Å². The van der Waals surface area contributed by atoms with Crippen molar-refractivity contribution in [2.24, 2.45) is 11.8 Å². The van der Waals surface area contributed by atoms with E-state index in [4.69, 9.17) is 22.2 Å². The van der Waals surface area contributed by atoms with Crippen LogP contribution in [-0.2, 0) is 0 Å². The fourth-order valence-electron chi connectivity index (χ4n) is 4.31. The molecule has 2 aliphatic rings. The molecule has 0 aliphatic carbocycles. The number of anilines is 4. The van der Waals surface area contributed by atoms with Crippen LogP contribution < -0.4 is 25.3 Å². The number of piperidine rings is 1. The van der Waals surface area contributed by atoms with Gasteiger partial charge in [-0.2, -0.15) is 9.97 Å². The molecule has 2 N–H and O–H groups in total. The molecular formula is C25H37N7S. The number of aromatic nitrogens is 2. The van der Waals surface area contributed by atoms with Gasteiger partial charge in [0.2, 0.25) is 5.95 Å². The van der Waals surface area contributed by atoms with Gasteiger partial charge in [0.15, 0.2) is 5.11 Å². The average Bonchev–Trinajstić information content (AvgIpc) is 2.84. The Balaban J connectivity index is 1.49. The van der Waals surface area contributed by atoms with Crippen LogP contribution >= 0.6 is 12.2 Å². The van der Waals surface area contributed by atoms with Gasteiger partial charge in [0, 0.05) is 57.6 Å². The first-order chi connectivity index (χ1) is 16.0. The van der Waals surface area contributed by atoms with Crippen molar-refractivity contribution in [1.82, 2.24) is 15.3 Å². The Kier molecular flexibility index (Phi) is 7.85. The van der Waals surface area contributed by atoms with Crippen LogP contribution in [0.1, 0.15) is 33.6 Å². The predicted octanol–water partition coefficient (Wildman–Crippen LogP) is 3.98. The topological polar surface area (TPSA) is 59.6 Å². The third kappa shape index (κ3) is 6.47. The fraction of sp³-hybridized carbons (Fsp3) is 0.560. The Morgan fingerprint density at radius 3 is 2.12 bits per heavy atom. The summed E-state index contributed by atoms with van der Waals surface area (Å²) in [6, 6.07) is 12.8. The molecule has 0 spiro atoms. The second-order valence-electron chi connectivity index (χ2n) is 9.62. The maximum Gasteiger partial charge on any atom is 0.232 e. The van der Waals surface area contributed by atoms with Gasteiger partial charge < -0.3 is 25.3 Å². The number of nitrogens with one attached hydrogen (secondary N) is 2. The van der Waals surface area contributed by atoms with Crippen molar-refractivity contribution in [2.75, 3.05) is 65.8 Å². The largest absolute Gasteiger partial charge is 0.368 e. The molecule has 0 unspecified atom stereocenters. The van der Waals surface area contributed by atoms with Gasteiger partial charge >= 0.3 is 0 Å². The number of rotatable bonds is 6. The molecule has 2 fully saturated rings. The van der Waals surface area contributed by atoms with Gasteiger partial charge in [0.25, 0.3) is 0 Å².